The monoisotopic (exact) mass is 246 g/mol. The van der Waals surface area contributed by atoms with Gasteiger partial charge in [0, 0.05) is 12.4 Å². The zero-order chi connectivity index (χ0) is 13.0. The van der Waals surface area contributed by atoms with E-state index in [-0.39, 0.29) is 24.0 Å². The fraction of sp³-hybridized carbons (Fsp3) is 0.0909. The Morgan fingerprint density at radius 1 is 1.33 bits per heavy atom. The van der Waals surface area contributed by atoms with E-state index in [1.165, 1.54) is 22.9 Å². The Morgan fingerprint density at radius 3 is 2.83 bits per heavy atom. The number of carbonyl (C=O) groups is 2. The van der Waals surface area contributed by atoms with E-state index >= 15 is 0 Å². The van der Waals surface area contributed by atoms with E-state index in [4.69, 9.17) is 5.11 Å². The Kier molecular flexibility index (Phi) is 3.33. The summed E-state index contributed by atoms with van der Waals surface area (Å²) in [6.45, 7) is 0.0476. The second-order valence-corrected chi connectivity index (χ2v) is 3.47. The lowest BCUT2D eigenvalue weighted by Crippen LogP contribution is -2.20. The summed E-state index contributed by atoms with van der Waals surface area (Å²) in [4.78, 5) is 26.1. The van der Waals surface area contributed by atoms with Crippen molar-refractivity contribution in [2.75, 3.05) is 5.32 Å². The highest BCUT2D eigenvalue weighted by molar-refractivity contribution is 5.91. The molecule has 2 heterocycles. The molecule has 7 nitrogen and oxygen atoms in total. The van der Waals surface area contributed by atoms with Crippen LogP contribution in [-0.4, -0.2) is 31.7 Å². The van der Waals surface area contributed by atoms with Gasteiger partial charge >= 0.3 is 5.97 Å². The van der Waals surface area contributed by atoms with Gasteiger partial charge in [-0.15, -0.1) is 0 Å². The van der Waals surface area contributed by atoms with E-state index in [1.54, 1.807) is 18.5 Å². The predicted octanol–water partition coefficient (Wildman–Crippen LogP) is 0.615. The Hall–Kier alpha value is -2.70. The van der Waals surface area contributed by atoms with Gasteiger partial charge in [-0.2, -0.15) is 5.10 Å². The molecule has 0 aliphatic heterocycles. The predicted molar refractivity (Wildman–Crippen MR) is 62.1 cm³/mol. The van der Waals surface area contributed by atoms with Crippen LogP contribution in [-0.2, 0) is 11.3 Å². The number of hydrogen-bond donors (Lipinski definition) is 2. The van der Waals surface area contributed by atoms with Gasteiger partial charge in [0.1, 0.15) is 12.4 Å². The van der Waals surface area contributed by atoms with Crippen LogP contribution in [0.2, 0.25) is 0 Å². The number of aromatic nitrogens is 3. The topological polar surface area (TPSA) is 97.1 Å². The van der Waals surface area contributed by atoms with Gasteiger partial charge in [0.25, 0.3) is 0 Å². The lowest BCUT2D eigenvalue weighted by atomic mass is 10.3. The van der Waals surface area contributed by atoms with Gasteiger partial charge in [0.05, 0.1) is 0 Å². The number of nitrogens with one attached hydrogen (secondary N) is 1. The molecule has 0 saturated heterocycles. The molecule has 0 aliphatic carbocycles. The van der Waals surface area contributed by atoms with E-state index in [2.05, 4.69) is 15.4 Å². The highest BCUT2D eigenvalue weighted by Crippen LogP contribution is 2.05. The molecule has 2 aromatic heterocycles. The van der Waals surface area contributed by atoms with Crippen LogP contribution in [0.3, 0.4) is 0 Å². The summed E-state index contributed by atoms with van der Waals surface area (Å²) in [6, 6.07) is 6.09. The van der Waals surface area contributed by atoms with Gasteiger partial charge in [0.2, 0.25) is 5.91 Å². The van der Waals surface area contributed by atoms with Gasteiger partial charge in [-0.25, -0.2) is 9.78 Å². The average Bonchev–Trinajstić information content (AvgIpc) is 2.82. The second kappa shape index (κ2) is 5.09. The van der Waals surface area contributed by atoms with Crippen LogP contribution in [0, 0.1) is 0 Å². The Labute approximate surface area is 102 Å². The minimum Gasteiger partial charge on any atom is -0.477 e. The fourth-order valence-electron chi connectivity index (χ4n) is 1.35. The quantitative estimate of drug-likeness (QED) is 0.824. The molecule has 1 amide bonds. The molecule has 0 radical (unpaired) electrons. The zero-order valence-electron chi connectivity index (χ0n) is 9.28. The molecule has 2 aromatic rings. The van der Waals surface area contributed by atoms with Gasteiger partial charge < -0.3 is 10.4 Å². The highest BCUT2D eigenvalue weighted by Gasteiger charge is 2.08. The van der Waals surface area contributed by atoms with Crippen LogP contribution < -0.4 is 5.32 Å². The van der Waals surface area contributed by atoms with E-state index in [0.717, 1.165) is 0 Å². The van der Waals surface area contributed by atoms with Crippen LogP contribution in [0.15, 0.2) is 36.7 Å². The molecule has 0 fully saturated rings. The third kappa shape index (κ3) is 2.91. The molecule has 2 N–H and O–H groups in total. The van der Waals surface area contributed by atoms with Crippen LogP contribution in [0.25, 0.3) is 0 Å². The van der Waals surface area contributed by atoms with Crippen molar-refractivity contribution in [3.05, 3.63) is 42.4 Å². The van der Waals surface area contributed by atoms with Gasteiger partial charge in [-0.3, -0.25) is 9.48 Å². The van der Waals surface area contributed by atoms with Gasteiger partial charge in [-0.1, -0.05) is 6.07 Å². The number of carbonyl (C=O) groups excluding carboxylic acids is 1. The van der Waals surface area contributed by atoms with Crippen molar-refractivity contribution in [1.29, 1.82) is 0 Å². The third-order valence-corrected chi connectivity index (χ3v) is 2.10. The first-order valence-corrected chi connectivity index (χ1v) is 5.13. The van der Waals surface area contributed by atoms with Crippen LogP contribution in [0.5, 0.6) is 0 Å². The van der Waals surface area contributed by atoms with E-state index in [1.807, 2.05) is 0 Å². The van der Waals surface area contributed by atoms with Crippen molar-refractivity contribution in [3.8, 4) is 0 Å². The summed E-state index contributed by atoms with van der Waals surface area (Å²) in [5.74, 6) is -1.26. The van der Waals surface area contributed by atoms with E-state index < -0.39 is 5.97 Å². The van der Waals surface area contributed by atoms with Crippen molar-refractivity contribution in [2.24, 2.45) is 0 Å². The summed E-state index contributed by atoms with van der Waals surface area (Å²) >= 11 is 0. The van der Waals surface area contributed by atoms with E-state index in [9.17, 15) is 9.59 Å². The lowest BCUT2D eigenvalue weighted by Gasteiger charge is -2.05. The number of nitrogens with zero attached hydrogens (tertiary/aromatic N) is 3. The minimum atomic E-state index is -1.14. The van der Waals surface area contributed by atoms with Crippen LogP contribution in [0.4, 0.5) is 5.82 Å². The Morgan fingerprint density at radius 2 is 2.17 bits per heavy atom. The number of aromatic carboxylic acids is 1. The fourth-order valence-corrected chi connectivity index (χ4v) is 1.35. The SMILES string of the molecule is O=C(Cn1cccn1)Nc1cccc(C(=O)O)n1. The Balaban J connectivity index is 2.03. The van der Waals surface area contributed by atoms with Crippen molar-refractivity contribution in [2.45, 2.75) is 6.54 Å². The summed E-state index contributed by atoms with van der Waals surface area (Å²) < 4.78 is 1.45. The minimum absolute atomic E-state index is 0.0476. The number of amides is 1. The number of carboxylic acids is 1. The van der Waals surface area contributed by atoms with E-state index in [0.29, 0.717) is 0 Å². The summed E-state index contributed by atoms with van der Waals surface area (Å²) in [6.07, 6.45) is 3.22. The molecule has 18 heavy (non-hydrogen) atoms. The van der Waals surface area contributed by atoms with Gasteiger partial charge in [0.15, 0.2) is 5.69 Å². The maximum absolute atomic E-state index is 11.6. The maximum atomic E-state index is 11.6. The summed E-state index contributed by atoms with van der Waals surface area (Å²) in [5, 5.41) is 15.1. The smallest absolute Gasteiger partial charge is 0.354 e. The highest BCUT2D eigenvalue weighted by atomic mass is 16.4. The molecule has 0 unspecified atom stereocenters. The number of carboxylic acid groups (broad SMARTS) is 1. The number of pyridine rings is 1. The molecule has 2 rings (SSSR count). The van der Waals surface area contributed by atoms with Crippen LogP contribution in [0.1, 0.15) is 10.5 Å². The average molecular weight is 246 g/mol. The van der Waals surface area contributed by atoms with Crippen molar-refractivity contribution >= 4 is 17.7 Å². The Bertz CT molecular complexity index is 565. The molecule has 0 spiro atoms. The molecular weight excluding hydrogens is 236 g/mol. The molecule has 0 saturated carbocycles. The van der Waals surface area contributed by atoms with Crippen molar-refractivity contribution in [3.63, 3.8) is 0 Å². The standard InChI is InChI=1S/C11H10N4O3/c16-10(7-15-6-2-5-12-15)14-9-4-1-3-8(13-9)11(17)18/h1-6H,7H2,(H,17,18)(H,13,14,16). The summed E-state index contributed by atoms with van der Waals surface area (Å²) in [7, 11) is 0. The molecule has 0 aliphatic rings. The maximum Gasteiger partial charge on any atom is 0.354 e. The summed E-state index contributed by atoms with van der Waals surface area (Å²) in [5.41, 5.74) is -0.119. The number of anilines is 1. The molecule has 0 bridgehead atoms. The van der Waals surface area contributed by atoms with Crippen molar-refractivity contribution < 1.29 is 14.7 Å². The van der Waals surface area contributed by atoms with Gasteiger partial charge in [-0.05, 0) is 18.2 Å². The first kappa shape index (κ1) is 11.8. The molecular formula is C11H10N4O3. The molecule has 7 heteroatoms. The normalized spacial score (nSPS) is 10.0. The second-order valence-electron chi connectivity index (χ2n) is 3.47. The zero-order valence-corrected chi connectivity index (χ0v) is 9.28. The number of rotatable bonds is 4. The molecule has 0 atom stereocenters. The third-order valence-electron chi connectivity index (χ3n) is 2.10. The lowest BCUT2D eigenvalue weighted by molar-refractivity contribution is -0.116. The first-order valence-electron chi connectivity index (χ1n) is 5.13. The molecule has 92 valence electrons. The molecule has 0 aromatic carbocycles. The van der Waals surface area contributed by atoms with Crippen molar-refractivity contribution in [1.82, 2.24) is 14.8 Å². The number of hydrogen-bond acceptors (Lipinski definition) is 4. The first-order chi connectivity index (χ1) is 8.65. The largest absolute Gasteiger partial charge is 0.477 e. The van der Waals surface area contributed by atoms with Crippen LogP contribution >= 0.6 is 0 Å².